The molecule has 1 atom stereocenters. The van der Waals surface area contributed by atoms with Crippen molar-refractivity contribution >= 4 is 23.8 Å². The summed E-state index contributed by atoms with van der Waals surface area (Å²) < 4.78 is 0. The first kappa shape index (κ1) is 10.2. The second-order valence-corrected chi connectivity index (χ2v) is 2.82. The number of carbonyl (C=O) groups is 4. The Kier molecular flexibility index (Phi) is 2.50. The summed E-state index contributed by atoms with van der Waals surface area (Å²) in [5, 5.41) is 17.1. The summed E-state index contributed by atoms with van der Waals surface area (Å²) in [5.74, 6) is -3.03. The molecule has 0 aromatic rings. The summed E-state index contributed by atoms with van der Waals surface area (Å²) in [4.78, 5) is 43.1. The average molecular weight is 201 g/mol. The minimum atomic E-state index is -1.64. The van der Waals surface area contributed by atoms with E-state index < -0.39 is 42.6 Å². The van der Waals surface area contributed by atoms with Crippen molar-refractivity contribution in [1.29, 1.82) is 0 Å². The van der Waals surface area contributed by atoms with Crippen LogP contribution in [0.5, 0.6) is 0 Å². The zero-order chi connectivity index (χ0) is 10.9. The van der Waals surface area contributed by atoms with Crippen LogP contribution < -0.4 is 0 Å². The van der Waals surface area contributed by atoms with Gasteiger partial charge in [-0.05, 0) is 0 Å². The number of hydrogen-bond acceptors (Lipinski definition) is 4. The fraction of sp³-hybridized carbons (Fsp3) is 0.429. The highest BCUT2D eigenvalue weighted by atomic mass is 16.4. The molecule has 1 aliphatic heterocycles. The average Bonchev–Trinajstić information content (AvgIpc) is 2.01. The molecule has 2 N–H and O–H groups in total. The molecule has 1 fully saturated rings. The molecule has 0 radical (unpaired) electrons. The van der Waals surface area contributed by atoms with Crippen LogP contribution in [0, 0.1) is 0 Å². The Morgan fingerprint density at radius 3 is 2.29 bits per heavy atom. The Hall–Kier alpha value is -1.92. The van der Waals surface area contributed by atoms with Crippen molar-refractivity contribution < 1.29 is 29.4 Å². The molecule has 1 aliphatic rings. The first-order chi connectivity index (χ1) is 6.43. The van der Waals surface area contributed by atoms with Gasteiger partial charge in [0, 0.05) is 6.42 Å². The quantitative estimate of drug-likeness (QED) is 0.543. The number of piperidine rings is 1. The lowest BCUT2D eigenvalue weighted by molar-refractivity contribution is -0.154. The van der Waals surface area contributed by atoms with Gasteiger partial charge in [0.2, 0.25) is 5.91 Å². The summed E-state index contributed by atoms with van der Waals surface area (Å²) in [6, 6.07) is -1.58. The van der Waals surface area contributed by atoms with Crippen LogP contribution in [0.2, 0.25) is 0 Å². The van der Waals surface area contributed by atoms with E-state index in [0.29, 0.717) is 0 Å². The summed E-state index contributed by atoms with van der Waals surface area (Å²) >= 11 is 0. The summed E-state index contributed by atoms with van der Waals surface area (Å²) in [6.45, 7) is 0. The fourth-order valence-electron chi connectivity index (χ4n) is 1.24. The Balaban J connectivity index is 2.97. The lowest BCUT2D eigenvalue weighted by atomic mass is 10.0. The van der Waals surface area contributed by atoms with Crippen LogP contribution >= 0.6 is 0 Å². The van der Waals surface area contributed by atoms with Crippen LogP contribution in [0.1, 0.15) is 12.8 Å². The smallest absolute Gasteiger partial charge is 0.414 e. The van der Waals surface area contributed by atoms with Crippen LogP contribution in [0.15, 0.2) is 0 Å². The summed E-state index contributed by atoms with van der Waals surface area (Å²) in [5.41, 5.74) is 0. The fourth-order valence-corrected chi connectivity index (χ4v) is 1.24. The number of nitrogens with zero attached hydrogens (tertiary/aromatic N) is 1. The van der Waals surface area contributed by atoms with Gasteiger partial charge in [-0.2, -0.15) is 0 Å². The SMILES string of the molecule is O=C1CC(=O)N(C(=O)O)[C@H](C(=O)O)C1. The van der Waals surface area contributed by atoms with Gasteiger partial charge >= 0.3 is 12.1 Å². The van der Waals surface area contributed by atoms with Gasteiger partial charge in [0.25, 0.3) is 0 Å². The largest absolute Gasteiger partial charge is 0.480 e. The molecule has 7 nitrogen and oxygen atoms in total. The van der Waals surface area contributed by atoms with Crippen LogP contribution in [0.3, 0.4) is 0 Å². The maximum Gasteiger partial charge on any atom is 0.414 e. The minimum Gasteiger partial charge on any atom is -0.480 e. The molecule has 0 saturated carbocycles. The zero-order valence-corrected chi connectivity index (χ0v) is 6.97. The van der Waals surface area contributed by atoms with E-state index in [1.54, 1.807) is 0 Å². The number of hydrogen-bond donors (Lipinski definition) is 2. The van der Waals surface area contributed by atoms with Crippen LogP contribution in [-0.4, -0.2) is 44.9 Å². The van der Waals surface area contributed by atoms with Gasteiger partial charge in [-0.15, -0.1) is 0 Å². The molecular formula is C7H7NO6. The third-order valence-corrected chi connectivity index (χ3v) is 1.84. The molecule has 0 bridgehead atoms. The van der Waals surface area contributed by atoms with Crippen molar-refractivity contribution in [1.82, 2.24) is 4.90 Å². The second kappa shape index (κ2) is 3.44. The molecule has 0 spiro atoms. The van der Waals surface area contributed by atoms with E-state index in [9.17, 15) is 19.2 Å². The van der Waals surface area contributed by atoms with Gasteiger partial charge in [0.15, 0.2) is 0 Å². The molecule has 1 saturated heterocycles. The predicted octanol–water partition coefficient (Wildman–Crippen LogP) is -0.691. The van der Waals surface area contributed by atoms with E-state index in [4.69, 9.17) is 10.2 Å². The molecule has 1 heterocycles. The van der Waals surface area contributed by atoms with Gasteiger partial charge in [-0.1, -0.05) is 0 Å². The van der Waals surface area contributed by atoms with E-state index in [1.165, 1.54) is 0 Å². The monoisotopic (exact) mass is 201 g/mol. The zero-order valence-electron chi connectivity index (χ0n) is 6.97. The maximum absolute atomic E-state index is 11.0. The van der Waals surface area contributed by atoms with Crippen molar-refractivity contribution in [2.75, 3.05) is 0 Å². The first-order valence-electron chi connectivity index (χ1n) is 3.73. The van der Waals surface area contributed by atoms with Gasteiger partial charge < -0.3 is 10.2 Å². The standard InChI is InChI=1S/C7H7NO6/c9-3-1-4(6(11)12)8(7(13)14)5(10)2-3/h4H,1-2H2,(H,11,12)(H,13,14)/t4-/m0/s1. The number of imide groups is 1. The van der Waals surface area contributed by atoms with Crippen molar-refractivity contribution in [3.05, 3.63) is 0 Å². The highest BCUT2D eigenvalue weighted by Crippen LogP contribution is 2.15. The van der Waals surface area contributed by atoms with E-state index in [-0.39, 0.29) is 4.90 Å². The molecule has 76 valence electrons. The van der Waals surface area contributed by atoms with Crippen LogP contribution in [0.25, 0.3) is 0 Å². The normalized spacial score (nSPS) is 22.3. The predicted molar refractivity (Wildman–Crippen MR) is 40.5 cm³/mol. The van der Waals surface area contributed by atoms with E-state index in [0.717, 1.165) is 0 Å². The Morgan fingerprint density at radius 1 is 1.29 bits per heavy atom. The number of aliphatic carboxylic acids is 1. The number of Topliss-reactive ketones (excluding diaryl/α,β-unsaturated/α-hetero) is 1. The highest BCUT2D eigenvalue weighted by Gasteiger charge is 2.41. The van der Waals surface area contributed by atoms with Crippen molar-refractivity contribution in [2.24, 2.45) is 0 Å². The second-order valence-electron chi connectivity index (χ2n) is 2.82. The van der Waals surface area contributed by atoms with Crippen molar-refractivity contribution in [3.63, 3.8) is 0 Å². The van der Waals surface area contributed by atoms with Gasteiger partial charge in [-0.3, -0.25) is 9.59 Å². The molecule has 0 aromatic heterocycles. The number of carboxylic acid groups (broad SMARTS) is 2. The van der Waals surface area contributed by atoms with Crippen molar-refractivity contribution in [3.8, 4) is 0 Å². The highest BCUT2D eigenvalue weighted by molar-refractivity contribution is 6.09. The molecular weight excluding hydrogens is 194 g/mol. The Morgan fingerprint density at radius 2 is 1.86 bits per heavy atom. The number of amides is 2. The van der Waals surface area contributed by atoms with Crippen molar-refractivity contribution in [2.45, 2.75) is 18.9 Å². The molecule has 0 unspecified atom stereocenters. The molecule has 7 heteroatoms. The molecule has 1 rings (SSSR count). The van der Waals surface area contributed by atoms with Gasteiger partial charge in [0.1, 0.15) is 11.8 Å². The molecule has 0 aliphatic carbocycles. The number of ketones is 1. The number of rotatable bonds is 1. The molecule has 14 heavy (non-hydrogen) atoms. The minimum absolute atomic E-state index is 0.184. The van der Waals surface area contributed by atoms with Crippen LogP contribution in [-0.2, 0) is 14.4 Å². The Bertz CT molecular complexity index is 322. The lowest BCUT2D eigenvalue weighted by Crippen LogP contribution is -2.53. The number of likely N-dealkylation sites (tertiary alicyclic amines) is 1. The van der Waals surface area contributed by atoms with Crippen LogP contribution in [0.4, 0.5) is 4.79 Å². The number of carboxylic acids is 1. The summed E-state index contributed by atoms with van der Waals surface area (Å²) in [6.07, 6.45) is -2.64. The third kappa shape index (κ3) is 1.70. The van der Waals surface area contributed by atoms with E-state index >= 15 is 0 Å². The van der Waals surface area contributed by atoms with Gasteiger partial charge in [0.05, 0.1) is 6.42 Å². The summed E-state index contributed by atoms with van der Waals surface area (Å²) in [7, 11) is 0. The van der Waals surface area contributed by atoms with E-state index in [2.05, 4.69) is 0 Å². The topological polar surface area (TPSA) is 112 Å². The lowest BCUT2D eigenvalue weighted by Gasteiger charge is -2.27. The van der Waals surface area contributed by atoms with Gasteiger partial charge in [-0.25, -0.2) is 14.5 Å². The first-order valence-corrected chi connectivity index (χ1v) is 3.73. The molecule has 2 amide bonds. The Labute approximate surface area is 77.9 Å². The van der Waals surface area contributed by atoms with E-state index in [1.807, 2.05) is 0 Å². The third-order valence-electron chi connectivity index (χ3n) is 1.84. The number of carbonyl (C=O) groups excluding carboxylic acids is 2. The maximum atomic E-state index is 11.0. The molecule has 0 aromatic carbocycles.